The van der Waals surface area contributed by atoms with Crippen LogP contribution in [0.5, 0.6) is 0 Å². The Bertz CT molecular complexity index is 161. The first-order valence-electron chi connectivity index (χ1n) is 5.77. The topological polar surface area (TPSA) is 33.7 Å². The minimum atomic E-state index is 0.337. The molecule has 1 rings (SSSR count). The summed E-state index contributed by atoms with van der Waals surface area (Å²) >= 11 is 0. The molecular formula is C11H24N2O2. The van der Waals surface area contributed by atoms with E-state index in [-0.39, 0.29) is 0 Å². The van der Waals surface area contributed by atoms with Gasteiger partial charge in [-0.25, -0.2) is 0 Å². The summed E-state index contributed by atoms with van der Waals surface area (Å²) in [6.07, 6.45) is 1.46. The van der Waals surface area contributed by atoms with Crippen molar-refractivity contribution in [3.8, 4) is 0 Å². The number of nitrogens with one attached hydrogen (secondary N) is 1. The molecule has 0 bridgehead atoms. The number of methoxy groups -OCH3 is 1. The van der Waals surface area contributed by atoms with E-state index in [1.165, 1.54) is 0 Å². The van der Waals surface area contributed by atoms with E-state index in [1.54, 1.807) is 7.11 Å². The van der Waals surface area contributed by atoms with Gasteiger partial charge >= 0.3 is 0 Å². The fourth-order valence-electron chi connectivity index (χ4n) is 2.08. The smallest absolute Gasteiger partial charge is 0.0674 e. The van der Waals surface area contributed by atoms with Gasteiger partial charge in [-0.1, -0.05) is 0 Å². The molecule has 90 valence electrons. The molecule has 15 heavy (non-hydrogen) atoms. The van der Waals surface area contributed by atoms with E-state index in [0.717, 1.165) is 39.3 Å². The molecule has 0 aromatic heterocycles. The first-order chi connectivity index (χ1) is 7.27. The van der Waals surface area contributed by atoms with Crippen LogP contribution in [0.1, 0.15) is 13.3 Å². The molecule has 0 aromatic carbocycles. The molecule has 0 radical (unpaired) electrons. The van der Waals surface area contributed by atoms with Crippen molar-refractivity contribution < 1.29 is 9.47 Å². The molecule has 1 N–H and O–H groups in total. The molecule has 2 unspecified atom stereocenters. The number of ether oxygens (including phenoxy) is 2. The number of hydrogen-bond donors (Lipinski definition) is 1. The predicted octanol–water partition coefficient (Wildman–Crippen LogP) is 0.332. The van der Waals surface area contributed by atoms with Crippen LogP contribution < -0.4 is 5.32 Å². The van der Waals surface area contributed by atoms with E-state index in [9.17, 15) is 0 Å². The lowest BCUT2D eigenvalue weighted by Gasteiger charge is -2.30. The molecule has 0 aliphatic carbocycles. The molecule has 1 aliphatic heterocycles. The van der Waals surface area contributed by atoms with Crippen molar-refractivity contribution in [2.45, 2.75) is 25.5 Å². The van der Waals surface area contributed by atoms with E-state index in [2.05, 4.69) is 17.1 Å². The maximum Gasteiger partial charge on any atom is 0.0674 e. The lowest BCUT2D eigenvalue weighted by atomic mass is 10.2. The van der Waals surface area contributed by atoms with Crippen molar-refractivity contribution in [2.75, 3.05) is 47.0 Å². The average Bonchev–Trinajstić information content (AvgIpc) is 2.42. The van der Waals surface area contributed by atoms with Gasteiger partial charge in [0.25, 0.3) is 0 Å². The molecule has 4 nitrogen and oxygen atoms in total. The van der Waals surface area contributed by atoms with Gasteiger partial charge in [0.05, 0.1) is 12.7 Å². The third-order valence-corrected chi connectivity index (χ3v) is 2.80. The second kappa shape index (κ2) is 7.17. The zero-order valence-electron chi connectivity index (χ0n) is 10.2. The Morgan fingerprint density at radius 3 is 3.07 bits per heavy atom. The van der Waals surface area contributed by atoms with Gasteiger partial charge in [-0.05, 0) is 20.4 Å². The summed E-state index contributed by atoms with van der Waals surface area (Å²) in [5.41, 5.74) is 0. The van der Waals surface area contributed by atoms with E-state index in [1.807, 2.05) is 7.05 Å². The maximum atomic E-state index is 5.64. The van der Waals surface area contributed by atoms with Crippen LogP contribution >= 0.6 is 0 Å². The molecule has 1 heterocycles. The van der Waals surface area contributed by atoms with Crippen LogP contribution in [0.15, 0.2) is 0 Å². The summed E-state index contributed by atoms with van der Waals surface area (Å²) in [6.45, 7) is 6.91. The van der Waals surface area contributed by atoms with Gasteiger partial charge < -0.3 is 14.8 Å². The molecule has 1 fully saturated rings. The standard InChI is InChI=1S/C11H24N2O2/c1-10-8-13(5-4-6-15-10)11(7-12-2)9-14-3/h10-12H,4-9H2,1-3H3. The van der Waals surface area contributed by atoms with Crippen LogP contribution in [0, 0.1) is 0 Å². The average molecular weight is 216 g/mol. The molecule has 1 saturated heterocycles. The van der Waals surface area contributed by atoms with Crippen molar-refractivity contribution in [1.29, 1.82) is 0 Å². The van der Waals surface area contributed by atoms with Gasteiger partial charge in [-0.2, -0.15) is 0 Å². The largest absolute Gasteiger partial charge is 0.383 e. The fraction of sp³-hybridized carbons (Fsp3) is 1.00. The van der Waals surface area contributed by atoms with Crippen LogP contribution in [-0.4, -0.2) is 64.1 Å². The molecule has 1 aliphatic rings. The van der Waals surface area contributed by atoms with Crippen LogP contribution in [0.25, 0.3) is 0 Å². The molecule has 0 amide bonds. The van der Waals surface area contributed by atoms with Crippen molar-refractivity contribution in [3.05, 3.63) is 0 Å². The Kier molecular flexibility index (Phi) is 6.17. The summed E-state index contributed by atoms with van der Waals surface area (Å²) in [4.78, 5) is 2.47. The van der Waals surface area contributed by atoms with Gasteiger partial charge in [-0.3, -0.25) is 4.90 Å². The minimum absolute atomic E-state index is 0.337. The summed E-state index contributed by atoms with van der Waals surface area (Å²) in [7, 11) is 3.75. The number of nitrogens with zero attached hydrogens (tertiary/aromatic N) is 1. The molecule has 0 aromatic rings. The molecule has 0 spiro atoms. The fourth-order valence-corrected chi connectivity index (χ4v) is 2.08. The highest BCUT2D eigenvalue weighted by atomic mass is 16.5. The number of likely N-dealkylation sites (N-methyl/N-ethyl adjacent to an activating group) is 1. The first kappa shape index (κ1) is 12.9. The Balaban J connectivity index is 2.47. The van der Waals surface area contributed by atoms with Gasteiger partial charge in [-0.15, -0.1) is 0 Å². The minimum Gasteiger partial charge on any atom is -0.383 e. The van der Waals surface area contributed by atoms with Crippen LogP contribution in [-0.2, 0) is 9.47 Å². The summed E-state index contributed by atoms with van der Waals surface area (Å²) in [5.74, 6) is 0. The van der Waals surface area contributed by atoms with Crippen molar-refractivity contribution in [1.82, 2.24) is 10.2 Å². The normalized spacial score (nSPS) is 26.2. The quantitative estimate of drug-likeness (QED) is 0.718. The van der Waals surface area contributed by atoms with E-state index in [4.69, 9.17) is 9.47 Å². The second-order valence-corrected chi connectivity index (χ2v) is 4.20. The van der Waals surface area contributed by atoms with Gasteiger partial charge in [0.1, 0.15) is 0 Å². The lowest BCUT2D eigenvalue weighted by Crippen LogP contribution is -2.46. The maximum absolute atomic E-state index is 5.64. The van der Waals surface area contributed by atoms with E-state index >= 15 is 0 Å². The predicted molar refractivity (Wildman–Crippen MR) is 61.2 cm³/mol. The van der Waals surface area contributed by atoms with Crippen molar-refractivity contribution in [2.24, 2.45) is 0 Å². The summed E-state index contributed by atoms with van der Waals surface area (Å²) in [5, 5.41) is 3.22. The monoisotopic (exact) mass is 216 g/mol. The van der Waals surface area contributed by atoms with Crippen molar-refractivity contribution in [3.63, 3.8) is 0 Å². The molecular weight excluding hydrogens is 192 g/mol. The first-order valence-corrected chi connectivity index (χ1v) is 5.77. The second-order valence-electron chi connectivity index (χ2n) is 4.20. The zero-order valence-corrected chi connectivity index (χ0v) is 10.2. The number of rotatable bonds is 5. The van der Waals surface area contributed by atoms with Crippen LogP contribution in [0.4, 0.5) is 0 Å². The van der Waals surface area contributed by atoms with Gasteiger partial charge in [0.15, 0.2) is 0 Å². The highest BCUT2D eigenvalue weighted by Crippen LogP contribution is 2.09. The van der Waals surface area contributed by atoms with Gasteiger partial charge in [0.2, 0.25) is 0 Å². The summed E-state index contributed by atoms with van der Waals surface area (Å²) in [6, 6.07) is 0.462. The SMILES string of the molecule is CNCC(COC)N1CCCOC(C)C1. The highest BCUT2D eigenvalue weighted by molar-refractivity contribution is 4.77. The van der Waals surface area contributed by atoms with Crippen LogP contribution in [0.3, 0.4) is 0 Å². The van der Waals surface area contributed by atoms with Crippen LogP contribution in [0.2, 0.25) is 0 Å². The Morgan fingerprint density at radius 1 is 1.60 bits per heavy atom. The lowest BCUT2D eigenvalue weighted by molar-refractivity contribution is 0.0456. The third kappa shape index (κ3) is 4.47. The number of hydrogen-bond acceptors (Lipinski definition) is 4. The molecule has 0 saturated carbocycles. The zero-order chi connectivity index (χ0) is 11.1. The third-order valence-electron chi connectivity index (χ3n) is 2.80. The molecule has 2 atom stereocenters. The van der Waals surface area contributed by atoms with E-state index < -0.39 is 0 Å². The van der Waals surface area contributed by atoms with Crippen molar-refractivity contribution >= 4 is 0 Å². The van der Waals surface area contributed by atoms with E-state index in [0.29, 0.717) is 12.1 Å². The summed E-state index contributed by atoms with van der Waals surface area (Å²) < 4.78 is 10.9. The highest BCUT2D eigenvalue weighted by Gasteiger charge is 2.22. The Labute approximate surface area is 92.9 Å². The Morgan fingerprint density at radius 2 is 2.40 bits per heavy atom. The van der Waals surface area contributed by atoms with Gasteiger partial charge in [0, 0.05) is 39.4 Å². The Hall–Kier alpha value is -0.160. The molecule has 4 heteroatoms.